The van der Waals surface area contributed by atoms with Gasteiger partial charge in [-0.25, -0.2) is 54.4 Å². The van der Waals surface area contributed by atoms with Crippen LogP contribution in [0.25, 0.3) is 51.1 Å². The van der Waals surface area contributed by atoms with E-state index in [4.69, 9.17) is 72.1 Å². The molecule has 8 aliphatic carbocycles. The van der Waals surface area contributed by atoms with E-state index in [0.29, 0.717) is 110 Å². The fraction of sp³-hybridized carbons (Fsp3) is 0.516. The van der Waals surface area contributed by atoms with E-state index < -0.39 is 5.20 Å². The predicted octanol–water partition coefficient (Wildman–Crippen LogP) is 22.8. The summed E-state index contributed by atoms with van der Waals surface area (Å²) in [6, 6.07) is 0. The summed E-state index contributed by atoms with van der Waals surface area (Å²) in [5, 5.41) is 32.3. The number of carbonyl (C=O) groups excluding carboxylic acids is 8. The number of rotatable bonds is 13. The summed E-state index contributed by atoms with van der Waals surface area (Å²) in [4.78, 5) is 157. The number of halogens is 7. The van der Waals surface area contributed by atoms with Gasteiger partial charge < -0.3 is 46.0 Å². The highest BCUT2D eigenvalue weighted by Gasteiger charge is 2.37. The number of aromatic amines is 1. The molecule has 8 atom stereocenters. The molecule has 8 N–H and O–H groups in total. The Morgan fingerprint density at radius 1 is 0.399 bits per heavy atom. The normalized spacial score (nSPS) is 18.9. The van der Waals surface area contributed by atoms with Crippen molar-refractivity contribution in [2.24, 2.45) is 41.4 Å². The molecule has 6 unspecified atom stereocenters. The number of nitrogens with one attached hydrogen (secondary N) is 1. The maximum atomic E-state index is 11.9. The van der Waals surface area contributed by atoms with E-state index in [-0.39, 0.29) is 124 Å². The summed E-state index contributed by atoms with van der Waals surface area (Å²) < 4.78 is 24.4. The number of fused-ring (bicyclic) bond motifs is 17. The second-order valence-corrected chi connectivity index (χ2v) is 49.5. The van der Waals surface area contributed by atoms with E-state index in [1.807, 2.05) is 0 Å². The van der Waals surface area contributed by atoms with Crippen molar-refractivity contribution < 1.29 is 72.5 Å². The van der Waals surface area contributed by atoms with Crippen LogP contribution in [0.3, 0.4) is 0 Å². The van der Waals surface area contributed by atoms with Crippen molar-refractivity contribution in [1.29, 1.82) is 0 Å². The Hall–Kier alpha value is -7.10. The van der Waals surface area contributed by atoms with E-state index in [1.54, 1.807) is 105 Å². The van der Waals surface area contributed by atoms with Crippen LogP contribution in [0.15, 0.2) is 36.4 Å². The Morgan fingerprint density at radius 2 is 0.725 bits per heavy atom. The molecule has 1 fully saturated rings. The lowest BCUT2D eigenvalue weighted by Crippen LogP contribution is -2.24. The largest absolute Gasteiger partial charge is 0.466 e. The number of nitrogens with zero attached hydrogens (tertiary/aromatic N) is 9. The van der Waals surface area contributed by atoms with Gasteiger partial charge in [-0.05, 0) is 287 Å². The Morgan fingerprint density at radius 3 is 1.08 bits per heavy atom. The molecule has 0 amide bonds. The smallest absolute Gasteiger partial charge is 0.341 e. The third-order valence-electron chi connectivity index (χ3n) is 25.0. The van der Waals surface area contributed by atoms with Crippen LogP contribution in [-0.4, -0.2) is 152 Å². The van der Waals surface area contributed by atoms with E-state index in [2.05, 4.69) is 83.6 Å². The molecule has 0 aromatic carbocycles. The Kier molecular flexibility index (Phi) is 43.9. The van der Waals surface area contributed by atoms with E-state index in [9.17, 15) is 63.0 Å². The minimum Gasteiger partial charge on any atom is -0.466 e. The van der Waals surface area contributed by atoms with Crippen molar-refractivity contribution in [3.63, 3.8) is 0 Å². The van der Waals surface area contributed by atoms with E-state index in [1.165, 1.54) is 101 Å². The number of nitrogen functional groups attached to an aromatic ring is 2. The van der Waals surface area contributed by atoms with Crippen molar-refractivity contribution in [3.05, 3.63) is 147 Å². The molecule has 8 aliphatic rings. The van der Waals surface area contributed by atoms with Gasteiger partial charge in [0.05, 0.1) is 76.0 Å². The molecule has 0 aliphatic heterocycles. The quantitative estimate of drug-likeness (QED) is 0.0270. The van der Waals surface area contributed by atoms with Gasteiger partial charge in [-0.15, -0.1) is 79.4 Å². The molecule has 138 heavy (non-hydrogen) atoms. The lowest BCUT2D eigenvalue weighted by Gasteiger charge is -2.20. The number of ether oxygens (including phenoxy) is 3. The number of Topliss-reactive ketones (excluding diaryl/α,β-unsaturated/α-hetero) is 5. The van der Waals surface area contributed by atoms with Crippen LogP contribution < -0.4 is 17.0 Å². The maximum absolute atomic E-state index is 11.9. The standard InChI is InChI=1S/2C13H17NO3S.C12H11ClN2OS.C12H12N2O2S.3C11H11ClN2OS.C9H14O3.3CH4.Cl3OP/c1-3-17-13(16)11-9-6-8(7(2)15)4-5-10(9)18-12(11)14;1-3-17-13(16)10-9-6-4-5-8(7(2)15)11(9)18-12(10)14;1-6(16)7-2-3-9-8(4-7)10-11(13)14-5-15-12(10)17-9;1-6(15)7-2-3-9-8(4-7)10-11(16)13-5-14-12(10)17-9;3*12-10-9-7-3-6(4-15)1-2-8(7)16-11(9)14-5-13-10;1-2-12-9(11)7-4-3-5-8(10)6-7;;;;1-5(2,3)4/h2*8H,3-6,14H2,1-2H3;5,7H,2-4H2,1H3;5,7H,2-4H2,1H3,(H,13,14,16);3*5-6,15H,1-4H2;7H,2-6H2,1H3;3*1H4;/t;;;;2*6-;;;;;;/m....10....../s1. The zero-order chi connectivity index (χ0) is 97.4. The average Bonchev–Trinajstić information content (AvgIpc) is 1.63. The topological polar surface area (TPSA) is 443 Å². The highest BCUT2D eigenvalue weighted by atomic mass is 36.0. The number of aryl methyl sites for hydroxylation is 6. The number of esters is 3. The molecule has 20 rings (SSSR count). The van der Waals surface area contributed by atoms with Gasteiger partial charge in [0.1, 0.15) is 109 Å². The van der Waals surface area contributed by atoms with Gasteiger partial charge in [0.2, 0.25) is 0 Å². The van der Waals surface area contributed by atoms with Crippen LogP contribution in [0.1, 0.15) is 248 Å². The number of hydrogen-bond donors (Lipinski definition) is 6. The SMILES string of the molecule is C.C.C.CC(=O)C1CCc2sc3nc[nH]c(=O)c3c2C1.CC(=O)C1CCc2sc3ncnc(Cl)c3c2C1.CCOC(=O)C1CCCC(=O)C1.CCOC(=O)c1c(N)sc2c1CC(C(C)=O)CC2.CCOC(=O)c1c(N)sc2c1CCCC2C(C)=O.O=P(Cl)(Cl)Cl.OCC1CCc2sc3ncnc(Cl)c3c2C1.OC[C@@H]1CCc2sc3ncnc(Cl)c3c2C1.OC[C@H]1CCc2sc3ncnc(Cl)c3c2C1. The molecule has 0 bridgehead atoms. The molecular weight excluding hydrogens is 2070 g/mol. The third-order valence-corrected chi connectivity index (χ3v) is 34.4. The fourth-order valence-corrected chi connectivity index (χ4v) is 27.6. The summed E-state index contributed by atoms with van der Waals surface area (Å²) in [7, 11) is 0. The number of anilines is 2. The van der Waals surface area contributed by atoms with Gasteiger partial charge in [-0.1, -0.05) is 68.7 Å². The summed E-state index contributed by atoms with van der Waals surface area (Å²) in [6.07, 6.45) is 29.1. The summed E-state index contributed by atoms with van der Waals surface area (Å²) in [5.74, 6) is 1.13. The van der Waals surface area contributed by atoms with Crippen LogP contribution in [-0.2, 0) is 131 Å². The van der Waals surface area contributed by atoms with Crippen molar-refractivity contribution in [2.45, 2.75) is 237 Å². The fourth-order valence-electron chi connectivity index (χ4n) is 18.1. The molecule has 12 aromatic rings. The first-order valence-electron chi connectivity index (χ1n) is 44.5. The number of carbonyl (C=O) groups is 8. The van der Waals surface area contributed by atoms with Gasteiger partial charge in [-0.3, -0.25) is 38.1 Å². The highest BCUT2D eigenvalue weighted by Crippen LogP contribution is 2.61. The minimum absolute atomic E-state index is 0. The monoisotopic (exact) mass is 2180 g/mol. The number of aliphatic hydroxyl groups excluding tert-OH is 3. The number of H-pyrrole nitrogens is 1. The molecule has 0 radical (unpaired) electrons. The van der Waals surface area contributed by atoms with Crippen LogP contribution in [0.4, 0.5) is 10.0 Å². The number of ketones is 5. The van der Waals surface area contributed by atoms with Gasteiger partial charge >= 0.3 is 23.1 Å². The molecule has 12 aromatic heterocycles. The minimum atomic E-state index is -3.22. The molecule has 1 saturated carbocycles. The van der Waals surface area contributed by atoms with E-state index >= 15 is 0 Å². The first-order chi connectivity index (χ1) is 64.5. The van der Waals surface area contributed by atoms with Crippen LogP contribution in [0.5, 0.6) is 0 Å². The lowest BCUT2D eigenvalue weighted by molar-refractivity contribution is -0.151. The lowest BCUT2D eigenvalue weighted by atomic mass is 9.84. The van der Waals surface area contributed by atoms with Crippen LogP contribution in [0.2, 0.25) is 20.6 Å². The molecule has 12 heterocycles. The first kappa shape index (κ1) is 114. The van der Waals surface area contributed by atoms with Crippen molar-refractivity contribution in [1.82, 2.24) is 49.8 Å². The zero-order valence-corrected chi connectivity index (χ0v) is 87.1. The number of aliphatic hydroxyl groups is 3. The third kappa shape index (κ3) is 28.5. The zero-order valence-electron chi connectivity index (χ0n) is 75.2. The number of nitrogens with two attached hydrogens (primary N) is 2. The van der Waals surface area contributed by atoms with Crippen LogP contribution >= 0.6 is 165 Å². The highest BCUT2D eigenvalue weighted by molar-refractivity contribution is 8.24. The van der Waals surface area contributed by atoms with Crippen LogP contribution in [0, 0.1) is 41.4 Å². The van der Waals surface area contributed by atoms with Gasteiger partial charge in [0, 0.05) is 84.6 Å². The summed E-state index contributed by atoms with van der Waals surface area (Å²) in [6.45, 7) is 13.6. The number of thiophene rings is 7. The predicted molar refractivity (Wildman–Crippen MR) is 561 cm³/mol. The number of hydrogen-bond acceptors (Lipinski definition) is 34. The Balaban J connectivity index is 0.000000175. The van der Waals surface area contributed by atoms with Gasteiger partial charge in [-0.2, -0.15) is 0 Å². The average molecular weight is 2190 g/mol. The maximum Gasteiger partial charge on any atom is 0.341 e. The summed E-state index contributed by atoms with van der Waals surface area (Å²) >= 11 is 49.5. The first-order valence-corrected chi connectivity index (χ1v) is 56.2. The number of aromatic nitrogens is 10. The summed E-state index contributed by atoms with van der Waals surface area (Å²) in [5.41, 5.74) is 20.6. The van der Waals surface area contributed by atoms with Gasteiger partial charge in [0.25, 0.3) is 5.56 Å². The molecule has 748 valence electrons. The Labute approximate surface area is 863 Å². The van der Waals surface area contributed by atoms with Crippen molar-refractivity contribution in [3.8, 4) is 0 Å². The second-order valence-electron chi connectivity index (χ2n) is 33.7. The second kappa shape index (κ2) is 52.9. The molecular formula is C95H116Cl7N12O16PS7. The van der Waals surface area contributed by atoms with Crippen molar-refractivity contribution >= 4 is 273 Å². The molecule has 0 spiro atoms. The molecule has 43 heteroatoms. The van der Waals surface area contributed by atoms with Crippen molar-refractivity contribution in [2.75, 3.05) is 51.1 Å². The Bertz CT molecular complexity index is 6230. The molecule has 0 saturated heterocycles. The van der Waals surface area contributed by atoms with E-state index in [0.717, 1.165) is 207 Å². The molecule has 28 nitrogen and oxygen atoms in total. The van der Waals surface area contributed by atoms with Gasteiger partial charge in [0.15, 0.2) is 0 Å².